The van der Waals surface area contributed by atoms with Crippen molar-refractivity contribution in [1.82, 2.24) is 4.98 Å². The minimum Gasteiger partial charge on any atom is -0.392 e. The number of H-pyrrole nitrogens is 1. The summed E-state index contributed by atoms with van der Waals surface area (Å²) >= 11 is 0. The molecule has 0 radical (unpaired) electrons. The summed E-state index contributed by atoms with van der Waals surface area (Å²) in [5.41, 5.74) is 3.72. The van der Waals surface area contributed by atoms with E-state index in [0.29, 0.717) is 11.1 Å². The highest BCUT2D eigenvalue weighted by Crippen LogP contribution is 2.38. The van der Waals surface area contributed by atoms with Gasteiger partial charge in [0.1, 0.15) is 11.6 Å². The number of nitrogens with one attached hydrogen (secondary N) is 1. The highest BCUT2D eigenvalue weighted by atomic mass is 19.1. The van der Waals surface area contributed by atoms with Crippen molar-refractivity contribution in [3.63, 3.8) is 0 Å². The Morgan fingerprint density at radius 1 is 1.16 bits per heavy atom. The summed E-state index contributed by atoms with van der Waals surface area (Å²) in [5.74, 6) is 0.564. The fourth-order valence-electron chi connectivity index (χ4n) is 4.31. The molecule has 1 heterocycles. The van der Waals surface area contributed by atoms with Gasteiger partial charge in [0.05, 0.1) is 18.2 Å². The number of halogens is 1. The van der Waals surface area contributed by atoms with Crippen molar-refractivity contribution in [1.29, 1.82) is 5.26 Å². The molecule has 1 aliphatic carbocycles. The van der Waals surface area contributed by atoms with Gasteiger partial charge in [-0.1, -0.05) is 31.4 Å². The van der Waals surface area contributed by atoms with Crippen molar-refractivity contribution in [3.8, 4) is 6.07 Å². The maximum Gasteiger partial charge on any atom is 0.373 e. The third-order valence-corrected chi connectivity index (χ3v) is 5.83. The maximum absolute atomic E-state index is 14.5. The van der Waals surface area contributed by atoms with Gasteiger partial charge in [0.2, 0.25) is 0 Å². The molecule has 2 aromatic carbocycles. The van der Waals surface area contributed by atoms with Crippen molar-refractivity contribution < 1.29 is 19.1 Å². The van der Waals surface area contributed by atoms with E-state index in [9.17, 15) is 14.8 Å². The molecule has 0 unspecified atom stereocenters. The Kier molecular flexibility index (Phi) is 7.19. The number of aromatic amines is 1. The molecule has 1 aliphatic rings. The number of nitrogens with zero attached hydrogens (tertiary/aromatic N) is 2. The maximum atomic E-state index is 14.5. The fourth-order valence-corrected chi connectivity index (χ4v) is 4.31. The van der Waals surface area contributed by atoms with Gasteiger partial charge in [0.15, 0.2) is 0 Å². The quantitative estimate of drug-likeness (QED) is 0.627. The van der Waals surface area contributed by atoms with Crippen LogP contribution in [0.1, 0.15) is 48.8 Å². The molecule has 0 saturated heterocycles. The summed E-state index contributed by atoms with van der Waals surface area (Å²) in [7, 11) is 0. The van der Waals surface area contributed by atoms with E-state index >= 15 is 0 Å². The van der Waals surface area contributed by atoms with E-state index in [1.807, 2.05) is 24.3 Å². The highest BCUT2D eigenvalue weighted by molar-refractivity contribution is 5.91. The minimum atomic E-state index is -0.388. The predicted octanol–water partition coefficient (Wildman–Crippen LogP) is 4.87. The van der Waals surface area contributed by atoms with Crippen LogP contribution in [-0.2, 0) is 16.2 Å². The molecule has 0 amide bonds. The van der Waals surface area contributed by atoms with E-state index < -0.39 is 0 Å². The first-order chi connectivity index (χ1) is 15.0. The third kappa shape index (κ3) is 4.66. The van der Waals surface area contributed by atoms with Crippen molar-refractivity contribution >= 4 is 28.6 Å². The zero-order valence-corrected chi connectivity index (χ0v) is 17.3. The number of carbonyl (C=O) groups excluding carboxylic acids is 2. The van der Waals surface area contributed by atoms with E-state index in [2.05, 4.69) is 22.9 Å². The molecular weight excluding hydrogens is 397 g/mol. The third-order valence-electron chi connectivity index (χ3n) is 5.83. The second kappa shape index (κ2) is 10.0. The number of hydrogen-bond acceptors (Lipinski definition) is 5. The molecule has 0 atom stereocenters. The minimum absolute atomic E-state index is 0.250. The zero-order valence-electron chi connectivity index (χ0n) is 17.3. The Balaban J connectivity index is 0.000000858. The van der Waals surface area contributed by atoms with Crippen LogP contribution in [0.15, 0.2) is 36.4 Å². The fraction of sp³-hybridized carbons (Fsp3) is 0.333. The summed E-state index contributed by atoms with van der Waals surface area (Å²) in [5, 5.41) is 19.6. The van der Waals surface area contributed by atoms with Crippen molar-refractivity contribution in [2.75, 3.05) is 4.90 Å². The summed E-state index contributed by atoms with van der Waals surface area (Å²) in [6.07, 6.45) is 5.93. The molecule has 2 N–H and O–H groups in total. The van der Waals surface area contributed by atoms with Crippen LogP contribution in [0.5, 0.6) is 0 Å². The number of anilines is 2. The van der Waals surface area contributed by atoms with Gasteiger partial charge in [0, 0.05) is 28.2 Å². The second-order valence-corrected chi connectivity index (χ2v) is 7.65. The predicted molar refractivity (Wildman–Crippen MR) is 114 cm³/mol. The molecule has 7 heteroatoms. The molecule has 0 spiro atoms. The number of benzene rings is 2. The van der Waals surface area contributed by atoms with Crippen LogP contribution < -0.4 is 4.90 Å². The summed E-state index contributed by atoms with van der Waals surface area (Å²) in [4.78, 5) is 21.9. The number of fused-ring (bicyclic) bond motifs is 1. The van der Waals surface area contributed by atoms with Crippen LogP contribution in [0.3, 0.4) is 0 Å². The molecule has 1 fully saturated rings. The molecular formula is C24H24FN3O3. The van der Waals surface area contributed by atoms with Gasteiger partial charge in [-0.05, 0) is 49.6 Å². The lowest BCUT2D eigenvalue weighted by Gasteiger charge is -2.36. The van der Waals surface area contributed by atoms with Crippen LogP contribution in [0.25, 0.3) is 10.9 Å². The molecule has 0 aliphatic heterocycles. The van der Waals surface area contributed by atoms with Crippen LogP contribution >= 0.6 is 0 Å². The first-order valence-corrected chi connectivity index (χ1v) is 10.2. The molecule has 0 bridgehead atoms. The lowest BCUT2D eigenvalue weighted by Crippen LogP contribution is -2.33. The van der Waals surface area contributed by atoms with E-state index in [4.69, 9.17) is 9.59 Å². The van der Waals surface area contributed by atoms with Gasteiger partial charge in [-0.2, -0.15) is 14.9 Å². The van der Waals surface area contributed by atoms with Gasteiger partial charge in [-0.3, -0.25) is 0 Å². The van der Waals surface area contributed by atoms with E-state index in [1.54, 1.807) is 6.07 Å². The average Bonchev–Trinajstić information content (AvgIpc) is 3.11. The number of nitriles is 1. The summed E-state index contributed by atoms with van der Waals surface area (Å²) in [6.45, 7) is 1.76. The molecule has 1 aromatic heterocycles. The number of aryl methyl sites for hydroxylation is 1. The second-order valence-electron chi connectivity index (χ2n) is 7.65. The Morgan fingerprint density at radius 2 is 1.87 bits per heavy atom. The topological polar surface area (TPSA) is 97.2 Å². The number of hydrogen-bond donors (Lipinski definition) is 2. The lowest BCUT2D eigenvalue weighted by atomic mass is 9.93. The van der Waals surface area contributed by atoms with Crippen LogP contribution in [0.2, 0.25) is 0 Å². The van der Waals surface area contributed by atoms with Gasteiger partial charge in [-0.15, -0.1) is 0 Å². The lowest BCUT2D eigenvalue weighted by molar-refractivity contribution is -0.191. The monoisotopic (exact) mass is 421 g/mol. The SMILES string of the molecule is Cc1c(N(c2ccc(CO)c(F)c2)C2CCCCC2)[nH]c2cc(C#N)ccc12.O=C=O. The van der Waals surface area contributed by atoms with E-state index in [0.717, 1.165) is 53.7 Å². The number of aliphatic hydroxyl groups is 1. The first kappa shape index (κ1) is 22.2. The van der Waals surface area contributed by atoms with Gasteiger partial charge >= 0.3 is 6.15 Å². The molecule has 1 saturated carbocycles. The number of rotatable bonds is 4. The zero-order chi connectivity index (χ0) is 22.4. The van der Waals surface area contributed by atoms with E-state index in [-0.39, 0.29) is 24.6 Å². The average molecular weight is 421 g/mol. The molecule has 31 heavy (non-hydrogen) atoms. The highest BCUT2D eigenvalue weighted by Gasteiger charge is 2.26. The first-order valence-electron chi connectivity index (χ1n) is 10.2. The van der Waals surface area contributed by atoms with Crippen molar-refractivity contribution in [2.45, 2.75) is 51.7 Å². The Bertz CT molecular complexity index is 1140. The molecule has 160 valence electrons. The van der Waals surface area contributed by atoms with Gasteiger partial charge < -0.3 is 15.0 Å². The van der Waals surface area contributed by atoms with Gasteiger partial charge in [-0.25, -0.2) is 4.39 Å². The standard InChI is InChI=1S/C23H24FN3O.CO2/c1-15-20-10-7-16(13-25)11-22(20)26-23(15)27(18-5-3-2-4-6-18)19-9-8-17(14-28)21(24)12-19;2-1-3/h7-12,18,26,28H,2-6,14H2,1H3;. The largest absolute Gasteiger partial charge is 0.392 e. The molecule has 6 nitrogen and oxygen atoms in total. The number of aromatic nitrogens is 1. The van der Waals surface area contributed by atoms with Crippen molar-refractivity contribution in [3.05, 3.63) is 58.9 Å². The van der Waals surface area contributed by atoms with Crippen LogP contribution in [0.4, 0.5) is 15.9 Å². The van der Waals surface area contributed by atoms with Crippen LogP contribution in [-0.4, -0.2) is 22.3 Å². The Hall–Kier alpha value is -3.46. The summed E-state index contributed by atoms with van der Waals surface area (Å²) in [6, 6.07) is 13.2. The molecule has 3 aromatic rings. The normalized spacial score (nSPS) is 13.7. The smallest absolute Gasteiger partial charge is 0.373 e. The van der Waals surface area contributed by atoms with E-state index in [1.165, 1.54) is 12.5 Å². The number of aliphatic hydroxyl groups excluding tert-OH is 1. The Labute approximate surface area is 179 Å². The Morgan fingerprint density at radius 3 is 2.48 bits per heavy atom. The van der Waals surface area contributed by atoms with Gasteiger partial charge in [0.25, 0.3) is 0 Å². The molecule has 4 rings (SSSR count). The van der Waals surface area contributed by atoms with Crippen molar-refractivity contribution in [2.24, 2.45) is 0 Å². The summed E-state index contributed by atoms with van der Waals surface area (Å²) < 4.78 is 14.5. The van der Waals surface area contributed by atoms with Crippen LogP contribution in [0, 0.1) is 24.1 Å².